The molecule has 0 aromatic heterocycles. The normalized spacial score (nSPS) is 13.7. The van der Waals surface area contributed by atoms with Gasteiger partial charge < -0.3 is 0 Å². The van der Waals surface area contributed by atoms with E-state index in [1.807, 2.05) is 0 Å². The van der Waals surface area contributed by atoms with E-state index in [0.29, 0.717) is 0 Å². The molecule has 1 aromatic carbocycles. The molecule has 1 aromatic rings. The maximum atomic E-state index is 12.7. The molecule has 19 heavy (non-hydrogen) atoms. The summed E-state index contributed by atoms with van der Waals surface area (Å²) in [6.07, 6.45) is -10.1. The molecule has 0 amide bonds. The molecule has 0 aliphatic heterocycles. The molecular formula is C8H4F6INO2S. The van der Waals surface area contributed by atoms with Crippen LogP contribution in [0.4, 0.5) is 26.3 Å². The van der Waals surface area contributed by atoms with E-state index in [0.717, 1.165) is 22.6 Å². The number of sulfonamides is 1. The van der Waals surface area contributed by atoms with Gasteiger partial charge in [-0.15, -0.1) is 0 Å². The summed E-state index contributed by atoms with van der Waals surface area (Å²) in [7, 11) is -4.95. The van der Waals surface area contributed by atoms with Gasteiger partial charge in [-0.3, -0.25) is 0 Å². The third kappa shape index (κ3) is 3.72. The van der Waals surface area contributed by atoms with Crippen LogP contribution in [0.2, 0.25) is 0 Å². The summed E-state index contributed by atoms with van der Waals surface area (Å²) in [5.41, 5.74) is -3.22. The smallest absolute Gasteiger partial charge is 0.225 e. The Morgan fingerprint density at radius 2 is 1.47 bits per heavy atom. The Balaban J connectivity index is 3.79. The predicted octanol–water partition coefficient (Wildman–Crippen LogP) is 2.98. The van der Waals surface area contributed by atoms with Gasteiger partial charge >= 0.3 is 12.4 Å². The van der Waals surface area contributed by atoms with Crippen LogP contribution in [-0.2, 0) is 22.4 Å². The van der Waals surface area contributed by atoms with Crippen LogP contribution in [0.15, 0.2) is 17.0 Å². The zero-order valence-corrected chi connectivity index (χ0v) is 11.6. The van der Waals surface area contributed by atoms with Gasteiger partial charge in [-0.2, -0.15) is 26.3 Å². The molecule has 0 heterocycles. The van der Waals surface area contributed by atoms with Gasteiger partial charge in [-0.05, 0) is 34.7 Å². The van der Waals surface area contributed by atoms with Crippen molar-refractivity contribution in [2.24, 2.45) is 5.14 Å². The fourth-order valence-electron chi connectivity index (χ4n) is 1.24. The summed E-state index contributed by atoms with van der Waals surface area (Å²) in [4.78, 5) is -1.60. The second-order valence-corrected chi connectivity index (χ2v) is 6.06. The van der Waals surface area contributed by atoms with Crippen LogP contribution in [0.5, 0.6) is 0 Å². The van der Waals surface area contributed by atoms with E-state index in [1.165, 1.54) is 0 Å². The van der Waals surface area contributed by atoms with E-state index in [9.17, 15) is 34.8 Å². The monoisotopic (exact) mass is 419 g/mol. The minimum Gasteiger partial charge on any atom is -0.225 e. The van der Waals surface area contributed by atoms with Crippen molar-refractivity contribution >= 4 is 32.6 Å². The van der Waals surface area contributed by atoms with Crippen LogP contribution in [-0.4, -0.2) is 8.42 Å². The summed E-state index contributed by atoms with van der Waals surface area (Å²) >= 11 is 0.977. The number of hydrogen-bond acceptors (Lipinski definition) is 2. The lowest BCUT2D eigenvalue weighted by molar-refractivity contribution is -0.143. The highest BCUT2D eigenvalue weighted by Crippen LogP contribution is 2.40. The first-order valence-corrected chi connectivity index (χ1v) is 6.88. The summed E-state index contributed by atoms with van der Waals surface area (Å²) in [6.45, 7) is 0. The van der Waals surface area contributed by atoms with E-state index >= 15 is 0 Å². The maximum absolute atomic E-state index is 12.7. The molecule has 0 aliphatic rings. The molecule has 0 radical (unpaired) electrons. The molecule has 0 saturated carbocycles. The van der Waals surface area contributed by atoms with Crippen molar-refractivity contribution < 1.29 is 34.8 Å². The zero-order chi connectivity index (χ0) is 15.2. The number of nitrogens with two attached hydrogens (primary N) is 1. The molecule has 0 spiro atoms. The Labute approximate surface area is 117 Å². The second-order valence-electron chi connectivity index (χ2n) is 3.37. The van der Waals surface area contributed by atoms with Crippen molar-refractivity contribution in [1.29, 1.82) is 0 Å². The van der Waals surface area contributed by atoms with Gasteiger partial charge in [0.05, 0.1) is 16.0 Å². The van der Waals surface area contributed by atoms with E-state index in [2.05, 4.69) is 5.14 Å². The SMILES string of the molecule is NS(=O)(=O)c1cc(C(F)(F)F)cc(I)c1C(F)(F)F. The van der Waals surface area contributed by atoms with Gasteiger partial charge in [-0.1, -0.05) is 0 Å². The maximum Gasteiger partial charge on any atom is 0.418 e. The summed E-state index contributed by atoms with van der Waals surface area (Å²) in [5.74, 6) is 0. The molecule has 11 heteroatoms. The van der Waals surface area contributed by atoms with Crippen molar-refractivity contribution in [2.45, 2.75) is 17.2 Å². The molecule has 1 rings (SSSR count). The van der Waals surface area contributed by atoms with E-state index in [1.54, 1.807) is 0 Å². The lowest BCUT2D eigenvalue weighted by atomic mass is 10.1. The lowest BCUT2D eigenvalue weighted by Crippen LogP contribution is -2.22. The van der Waals surface area contributed by atoms with E-state index in [4.69, 9.17) is 0 Å². The van der Waals surface area contributed by atoms with Gasteiger partial charge in [0.2, 0.25) is 10.0 Å². The quantitative estimate of drug-likeness (QED) is 0.563. The number of benzene rings is 1. The van der Waals surface area contributed by atoms with Crippen LogP contribution < -0.4 is 5.14 Å². The molecule has 0 aliphatic carbocycles. The van der Waals surface area contributed by atoms with Crippen molar-refractivity contribution in [1.82, 2.24) is 0 Å². The lowest BCUT2D eigenvalue weighted by Gasteiger charge is -2.16. The first-order chi connectivity index (χ1) is 8.24. The van der Waals surface area contributed by atoms with Crippen molar-refractivity contribution in [3.8, 4) is 0 Å². The first-order valence-electron chi connectivity index (χ1n) is 4.25. The summed E-state index contributed by atoms with van der Waals surface area (Å²) in [5, 5.41) is 4.54. The number of halogens is 7. The van der Waals surface area contributed by atoms with Gasteiger partial charge in [0.1, 0.15) is 0 Å². The van der Waals surface area contributed by atoms with Crippen molar-refractivity contribution in [2.75, 3.05) is 0 Å². The summed E-state index contributed by atoms with van der Waals surface area (Å²) in [6, 6.07) is 0.0817. The van der Waals surface area contributed by atoms with Crippen LogP contribution in [0.3, 0.4) is 0 Å². The Bertz CT molecular complexity index is 607. The molecule has 0 saturated heterocycles. The fourth-order valence-corrected chi connectivity index (χ4v) is 3.16. The van der Waals surface area contributed by atoms with Crippen LogP contribution >= 0.6 is 22.6 Å². The second kappa shape index (κ2) is 4.77. The fraction of sp³-hybridized carbons (Fsp3) is 0.250. The largest absolute Gasteiger partial charge is 0.418 e. The Kier molecular flexibility index (Phi) is 4.14. The average molecular weight is 419 g/mol. The number of rotatable bonds is 1. The molecule has 0 bridgehead atoms. The number of hydrogen-bond donors (Lipinski definition) is 1. The zero-order valence-electron chi connectivity index (χ0n) is 8.60. The third-order valence-corrected chi connectivity index (χ3v) is 3.76. The highest BCUT2D eigenvalue weighted by molar-refractivity contribution is 14.1. The Morgan fingerprint density at radius 1 is 1.00 bits per heavy atom. The van der Waals surface area contributed by atoms with Gasteiger partial charge in [0, 0.05) is 3.57 Å². The Morgan fingerprint density at radius 3 is 1.79 bits per heavy atom. The Hall–Kier alpha value is -0.560. The minimum atomic E-state index is -5.14. The molecule has 2 N–H and O–H groups in total. The highest BCUT2D eigenvalue weighted by Gasteiger charge is 2.41. The van der Waals surface area contributed by atoms with Gasteiger partial charge in [0.25, 0.3) is 0 Å². The van der Waals surface area contributed by atoms with Crippen LogP contribution in [0.25, 0.3) is 0 Å². The molecule has 108 valence electrons. The average Bonchev–Trinajstić information content (AvgIpc) is 2.11. The van der Waals surface area contributed by atoms with Crippen molar-refractivity contribution in [3.63, 3.8) is 0 Å². The molecule has 0 unspecified atom stereocenters. The van der Waals surface area contributed by atoms with Gasteiger partial charge in [-0.25, -0.2) is 13.6 Å². The van der Waals surface area contributed by atoms with Crippen LogP contribution in [0, 0.1) is 3.57 Å². The van der Waals surface area contributed by atoms with E-state index < -0.39 is 42.0 Å². The standard InChI is InChI=1S/C8H4F6INO2S/c9-7(10,11)3-1-4(15)6(8(12,13)14)5(2-3)19(16,17)18/h1-2H,(H2,16,17,18). The van der Waals surface area contributed by atoms with E-state index in [-0.39, 0.29) is 12.1 Å². The molecular weight excluding hydrogens is 415 g/mol. The number of primary sulfonamides is 1. The minimum absolute atomic E-state index is 0.125. The molecule has 0 atom stereocenters. The molecule has 3 nitrogen and oxygen atoms in total. The summed E-state index contributed by atoms with van der Waals surface area (Å²) < 4.78 is 96.5. The number of alkyl halides is 6. The third-order valence-electron chi connectivity index (χ3n) is 1.97. The predicted molar refractivity (Wildman–Crippen MR) is 60.5 cm³/mol. The first kappa shape index (κ1) is 16.5. The highest BCUT2D eigenvalue weighted by atomic mass is 127. The van der Waals surface area contributed by atoms with Crippen LogP contribution in [0.1, 0.15) is 11.1 Å². The topological polar surface area (TPSA) is 60.2 Å². The van der Waals surface area contributed by atoms with Crippen molar-refractivity contribution in [3.05, 3.63) is 26.8 Å². The van der Waals surface area contributed by atoms with Gasteiger partial charge in [0.15, 0.2) is 0 Å². The molecule has 0 fully saturated rings.